The van der Waals surface area contributed by atoms with Crippen LogP contribution in [0.15, 0.2) is 60.8 Å². The second-order valence-corrected chi connectivity index (χ2v) is 6.45. The quantitative estimate of drug-likeness (QED) is 0.544. The van der Waals surface area contributed by atoms with E-state index in [-0.39, 0.29) is 0 Å². The van der Waals surface area contributed by atoms with Gasteiger partial charge >= 0.3 is 0 Å². The van der Waals surface area contributed by atoms with Crippen molar-refractivity contribution in [3.63, 3.8) is 0 Å². The number of methoxy groups -OCH3 is 1. The van der Waals surface area contributed by atoms with Gasteiger partial charge in [0, 0.05) is 23.0 Å². The lowest BCUT2D eigenvalue weighted by Crippen LogP contribution is -2.02. The van der Waals surface area contributed by atoms with Crippen LogP contribution in [-0.4, -0.2) is 21.7 Å². The largest absolute Gasteiger partial charge is 0.496 e. The third kappa shape index (κ3) is 3.24. The van der Waals surface area contributed by atoms with Gasteiger partial charge in [-0.25, -0.2) is 4.98 Å². The fraction of sp³-hybridized carbons (Fsp3) is 0.182. The van der Waals surface area contributed by atoms with Crippen LogP contribution in [-0.2, 0) is 6.42 Å². The maximum atomic E-state index is 5.52. The van der Waals surface area contributed by atoms with E-state index in [1.807, 2.05) is 48.0 Å². The highest BCUT2D eigenvalue weighted by atomic mass is 16.5. The number of aromatic nitrogens is 3. The van der Waals surface area contributed by atoms with Gasteiger partial charge in [-0.15, -0.1) is 0 Å². The Kier molecular flexibility index (Phi) is 4.50. The molecule has 2 heterocycles. The molecule has 0 aliphatic rings. The molecule has 0 saturated heterocycles. The highest BCUT2D eigenvalue weighted by Gasteiger charge is 2.15. The van der Waals surface area contributed by atoms with E-state index in [1.54, 1.807) is 7.11 Å². The average molecular weight is 358 g/mol. The summed E-state index contributed by atoms with van der Waals surface area (Å²) in [5.41, 5.74) is 5.98. The number of aryl methyl sites for hydroxylation is 2. The Morgan fingerprint density at radius 3 is 2.56 bits per heavy atom. The van der Waals surface area contributed by atoms with Crippen LogP contribution in [0.25, 0.3) is 16.8 Å². The Hall–Kier alpha value is -3.34. The number of rotatable bonds is 5. The zero-order valence-corrected chi connectivity index (χ0v) is 15.7. The summed E-state index contributed by atoms with van der Waals surface area (Å²) in [6, 6.07) is 18.4. The molecule has 0 aliphatic heterocycles. The third-order valence-corrected chi connectivity index (χ3v) is 4.63. The Morgan fingerprint density at radius 1 is 1.04 bits per heavy atom. The number of fused-ring (bicyclic) bond motifs is 1. The predicted molar refractivity (Wildman–Crippen MR) is 109 cm³/mol. The maximum Gasteiger partial charge on any atom is 0.165 e. The van der Waals surface area contributed by atoms with Crippen LogP contribution < -0.4 is 10.1 Å². The Bertz CT molecular complexity index is 1080. The zero-order valence-electron chi connectivity index (χ0n) is 15.7. The predicted octanol–water partition coefficient (Wildman–Crippen LogP) is 5.02. The molecule has 0 unspecified atom stereocenters. The van der Waals surface area contributed by atoms with Crippen molar-refractivity contribution in [2.75, 3.05) is 12.4 Å². The Labute approximate surface area is 158 Å². The first-order valence-electron chi connectivity index (χ1n) is 9.04. The number of para-hydroxylation sites is 1. The molecular formula is C22H22N4O. The zero-order chi connectivity index (χ0) is 18.8. The summed E-state index contributed by atoms with van der Waals surface area (Å²) >= 11 is 0. The normalized spacial score (nSPS) is 10.9. The van der Waals surface area contributed by atoms with Crippen molar-refractivity contribution in [2.24, 2.45) is 0 Å². The molecule has 0 radical (unpaired) electrons. The molecule has 0 fully saturated rings. The van der Waals surface area contributed by atoms with Crippen LogP contribution in [0.3, 0.4) is 0 Å². The number of hydrogen-bond donors (Lipinski definition) is 1. The highest BCUT2D eigenvalue weighted by molar-refractivity contribution is 5.82. The number of hydrogen-bond acceptors (Lipinski definition) is 4. The lowest BCUT2D eigenvalue weighted by molar-refractivity contribution is 0.416. The van der Waals surface area contributed by atoms with Gasteiger partial charge in [-0.3, -0.25) is 0 Å². The van der Waals surface area contributed by atoms with Gasteiger partial charge in [-0.1, -0.05) is 37.3 Å². The van der Waals surface area contributed by atoms with Crippen molar-refractivity contribution < 1.29 is 4.74 Å². The summed E-state index contributed by atoms with van der Waals surface area (Å²) in [4.78, 5) is 4.72. The van der Waals surface area contributed by atoms with Gasteiger partial charge in [0.05, 0.1) is 18.9 Å². The molecule has 1 N–H and O–H groups in total. The smallest absolute Gasteiger partial charge is 0.165 e. The molecule has 0 atom stereocenters. The van der Waals surface area contributed by atoms with Gasteiger partial charge in [0.2, 0.25) is 0 Å². The summed E-state index contributed by atoms with van der Waals surface area (Å²) in [7, 11) is 1.68. The molecule has 0 saturated carbocycles. The van der Waals surface area contributed by atoms with Gasteiger partial charge < -0.3 is 10.1 Å². The molecule has 136 valence electrons. The first kappa shape index (κ1) is 17.1. The van der Waals surface area contributed by atoms with Crippen molar-refractivity contribution in [3.8, 4) is 16.9 Å². The van der Waals surface area contributed by atoms with Crippen LogP contribution in [0, 0.1) is 6.92 Å². The van der Waals surface area contributed by atoms with Crippen LogP contribution in [0.4, 0.5) is 11.5 Å². The monoisotopic (exact) mass is 358 g/mol. The number of ether oxygens (including phenoxy) is 1. The number of nitrogens with zero attached hydrogens (tertiary/aromatic N) is 3. The third-order valence-electron chi connectivity index (χ3n) is 4.63. The van der Waals surface area contributed by atoms with E-state index in [2.05, 4.69) is 41.6 Å². The van der Waals surface area contributed by atoms with Crippen molar-refractivity contribution >= 4 is 17.2 Å². The van der Waals surface area contributed by atoms with Crippen molar-refractivity contribution in [2.45, 2.75) is 20.3 Å². The minimum Gasteiger partial charge on any atom is -0.496 e. The van der Waals surface area contributed by atoms with Gasteiger partial charge in [0.15, 0.2) is 5.65 Å². The minimum atomic E-state index is 0.798. The van der Waals surface area contributed by atoms with Crippen molar-refractivity contribution in [1.29, 1.82) is 0 Å². The minimum absolute atomic E-state index is 0.798. The summed E-state index contributed by atoms with van der Waals surface area (Å²) < 4.78 is 7.35. The first-order chi connectivity index (χ1) is 13.2. The highest BCUT2D eigenvalue weighted by Crippen LogP contribution is 2.33. The molecule has 5 heteroatoms. The van der Waals surface area contributed by atoms with E-state index in [0.29, 0.717) is 0 Å². The fourth-order valence-corrected chi connectivity index (χ4v) is 3.20. The average Bonchev–Trinajstić information content (AvgIpc) is 3.12. The van der Waals surface area contributed by atoms with E-state index < -0.39 is 0 Å². The Morgan fingerprint density at radius 2 is 1.81 bits per heavy atom. The first-order valence-corrected chi connectivity index (χ1v) is 9.04. The number of benzene rings is 2. The van der Waals surface area contributed by atoms with E-state index >= 15 is 0 Å². The van der Waals surface area contributed by atoms with E-state index in [4.69, 9.17) is 9.72 Å². The molecule has 4 aromatic rings. The van der Waals surface area contributed by atoms with E-state index in [1.165, 1.54) is 5.56 Å². The van der Waals surface area contributed by atoms with Crippen LogP contribution in [0.1, 0.15) is 18.2 Å². The van der Waals surface area contributed by atoms with Gasteiger partial charge in [-0.05, 0) is 37.1 Å². The van der Waals surface area contributed by atoms with Crippen molar-refractivity contribution in [1.82, 2.24) is 14.6 Å². The summed E-state index contributed by atoms with van der Waals surface area (Å²) in [6.45, 7) is 4.14. The molecule has 2 aromatic carbocycles. The molecular weight excluding hydrogens is 336 g/mol. The van der Waals surface area contributed by atoms with Gasteiger partial charge in [0.25, 0.3) is 0 Å². The molecule has 27 heavy (non-hydrogen) atoms. The maximum absolute atomic E-state index is 5.52. The standard InChI is InChI=1S/C22H22N4O/c1-4-16-9-11-17(12-10-16)25-21-13-15(2)24-22-19(14-23-26(21)22)18-7-5-6-8-20(18)27-3/h5-14,25H,4H2,1-3H3. The SMILES string of the molecule is CCc1ccc(Nc2cc(C)nc3c(-c4ccccc4OC)cnn23)cc1. The Balaban J connectivity index is 1.80. The molecule has 4 rings (SSSR count). The lowest BCUT2D eigenvalue weighted by Gasteiger charge is -2.11. The second kappa shape index (κ2) is 7.11. The molecule has 0 bridgehead atoms. The fourth-order valence-electron chi connectivity index (χ4n) is 3.20. The van der Waals surface area contributed by atoms with Crippen LogP contribution in [0.5, 0.6) is 5.75 Å². The number of nitrogens with one attached hydrogen (secondary N) is 1. The molecule has 0 amide bonds. The molecule has 0 spiro atoms. The van der Waals surface area contributed by atoms with Gasteiger partial charge in [0.1, 0.15) is 11.6 Å². The van der Waals surface area contributed by atoms with E-state index in [9.17, 15) is 0 Å². The van der Waals surface area contributed by atoms with Gasteiger partial charge in [-0.2, -0.15) is 9.61 Å². The molecule has 5 nitrogen and oxygen atoms in total. The molecule has 2 aromatic heterocycles. The summed E-state index contributed by atoms with van der Waals surface area (Å²) in [5.74, 6) is 1.68. The van der Waals surface area contributed by atoms with Crippen LogP contribution >= 0.6 is 0 Å². The summed E-state index contributed by atoms with van der Waals surface area (Å²) in [5, 5.41) is 8.04. The lowest BCUT2D eigenvalue weighted by atomic mass is 10.1. The number of anilines is 2. The van der Waals surface area contributed by atoms with Crippen LogP contribution in [0.2, 0.25) is 0 Å². The summed E-state index contributed by atoms with van der Waals surface area (Å²) in [6.07, 6.45) is 2.87. The van der Waals surface area contributed by atoms with Crippen molar-refractivity contribution in [3.05, 3.63) is 72.1 Å². The molecule has 0 aliphatic carbocycles. The second-order valence-electron chi connectivity index (χ2n) is 6.45. The topological polar surface area (TPSA) is 51.5 Å². The van der Waals surface area contributed by atoms with E-state index in [0.717, 1.165) is 46.1 Å².